The third kappa shape index (κ3) is 2.37. The van der Waals surface area contributed by atoms with Crippen LogP contribution in [0.1, 0.15) is 30.6 Å². The second-order valence-corrected chi connectivity index (χ2v) is 5.86. The molecule has 2 heterocycles. The zero-order valence-electron chi connectivity index (χ0n) is 11.8. The van der Waals surface area contributed by atoms with Crippen LogP contribution >= 0.6 is 11.3 Å². The number of aryl methyl sites for hydroxylation is 1. The second-order valence-electron chi connectivity index (χ2n) is 4.75. The third-order valence-corrected chi connectivity index (χ3v) is 4.66. The molecule has 1 atom stereocenters. The maximum absolute atomic E-state index is 4.56. The fourth-order valence-electron chi connectivity index (χ4n) is 2.52. The van der Waals surface area contributed by atoms with E-state index in [0.717, 1.165) is 18.9 Å². The van der Waals surface area contributed by atoms with Gasteiger partial charge in [0.2, 0.25) is 0 Å². The Bertz CT molecular complexity index is 665. The molecule has 1 aromatic carbocycles. The Hall–Kier alpha value is -1.65. The number of hydrogen-bond donors (Lipinski definition) is 1. The number of hydrogen-bond acceptors (Lipinski definition) is 3. The van der Waals surface area contributed by atoms with Crippen LogP contribution in [0.2, 0.25) is 0 Å². The number of nitrogens with one attached hydrogen (secondary N) is 1. The van der Waals surface area contributed by atoms with Gasteiger partial charge in [-0.1, -0.05) is 25.1 Å². The van der Waals surface area contributed by atoms with Gasteiger partial charge in [0.15, 0.2) is 0 Å². The van der Waals surface area contributed by atoms with Crippen molar-refractivity contribution in [3.8, 4) is 0 Å². The second kappa shape index (κ2) is 5.77. The fraction of sp³-hybridized carbons (Fsp3) is 0.312. The Balaban J connectivity index is 2.05. The van der Waals surface area contributed by atoms with E-state index < -0.39 is 0 Å². The average Bonchev–Trinajstić information content (AvgIpc) is 3.10. The van der Waals surface area contributed by atoms with Crippen LogP contribution in [0.3, 0.4) is 0 Å². The molecular formula is C16H19N3S. The molecule has 4 heteroatoms. The summed E-state index contributed by atoms with van der Waals surface area (Å²) in [6.45, 7) is 6.16. The van der Waals surface area contributed by atoms with Gasteiger partial charge in [-0.3, -0.25) is 0 Å². The Morgan fingerprint density at radius 1 is 1.30 bits per heavy atom. The number of benzene rings is 1. The Morgan fingerprint density at radius 2 is 2.15 bits per heavy atom. The van der Waals surface area contributed by atoms with Crippen LogP contribution in [0, 0.1) is 0 Å². The molecule has 0 fully saturated rings. The maximum atomic E-state index is 4.56. The van der Waals surface area contributed by atoms with Crippen molar-refractivity contribution in [2.24, 2.45) is 0 Å². The van der Waals surface area contributed by atoms with Gasteiger partial charge in [0.05, 0.1) is 0 Å². The van der Waals surface area contributed by atoms with Crippen molar-refractivity contribution in [3.63, 3.8) is 0 Å². The number of nitrogens with zero attached hydrogens (tertiary/aromatic N) is 2. The molecule has 0 aliphatic heterocycles. The van der Waals surface area contributed by atoms with Crippen molar-refractivity contribution in [3.05, 3.63) is 53.4 Å². The standard InChI is InChI=1S/C16H19N3S/c1-3-17-15(16-18-9-10-19(16)4-2)14-11-12-7-5-6-8-13(12)20-14/h5-11,15,17H,3-4H2,1-2H3. The lowest BCUT2D eigenvalue weighted by Gasteiger charge is -2.17. The minimum Gasteiger partial charge on any atom is -0.334 e. The van der Waals surface area contributed by atoms with Crippen molar-refractivity contribution < 1.29 is 0 Å². The molecule has 0 aliphatic carbocycles. The number of aromatic nitrogens is 2. The first-order valence-electron chi connectivity index (χ1n) is 7.06. The lowest BCUT2D eigenvalue weighted by molar-refractivity contribution is 0.565. The van der Waals surface area contributed by atoms with Gasteiger partial charge in [0.25, 0.3) is 0 Å². The van der Waals surface area contributed by atoms with E-state index in [4.69, 9.17) is 0 Å². The number of fused-ring (bicyclic) bond motifs is 1. The van der Waals surface area contributed by atoms with Gasteiger partial charge >= 0.3 is 0 Å². The summed E-state index contributed by atoms with van der Waals surface area (Å²) in [6.07, 6.45) is 3.93. The number of thiophene rings is 1. The molecule has 0 saturated carbocycles. The lowest BCUT2D eigenvalue weighted by atomic mass is 10.2. The molecule has 3 aromatic rings. The largest absolute Gasteiger partial charge is 0.334 e. The predicted molar refractivity (Wildman–Crippen MR) is 85.2 cm³/mol. The van der Waals surface area contributed by atoms with E-state index in [-0.39, 0.29) is 6.04 Å². The van der Waals surface area contributed by atoms with Gasteiger partial charge in [-0.15, -0.1) is 11.3 Å². The van der Waals surface area contributed by atoms with Crippen LogP contribution in [0.4, 0.5) is 0 Å². The Morgan fingerprint density at radius 3 is 2.90 bits per heavy atom. The monoisotopic (exact) mass is 285 g/mol. The minimum atomic E-state index is 0.173. The van der Waals surface area contributed by atoms with Crippen molar-refractivity contribution in [2.75, 3.05) is 6.54 Å². The molecule has 20 heavy (non-hydrogen) atoms. The summed E-state index contributed by atoms with van der Waals surface area (Å²) in [7, 11) is 0. The van der Waals surface area contributed by atoms with Crippen LogP contribution in [0.15, 0.2) is 42.7 Å². The van der Waals surface area contributed by atoms with E-state index in [1.54, 1.807) is 0 Å². The van der Waals surface area contributed by atoms with Gasteiger partial charge in [-0.2, -0.15) is 0 Å². The van der Waals surface area contributed by atoms with E-state index >= 15 is 0 Å². The summed E-state index contributed by atoms with van der Waals surface area (Å²) >= 11 is 1.85. The summed E-state index contributed by atoms with van der Waals surface area (Å²) in [5.41, 5.74) is 0. The molecule has 0 saturated heterocycles. The first kappa shape index (κ1) is 13.3. The van der Waals surface area contributed by atoms with Crippen LogP contribution < -0.4 is 5.32 Å². The van der Waals surface area contributed by atoms with E-state index in [0.29, 0.717) is 0 Å². The SMILES string of the molecule is CCNC(c1cc2ccccc2s1)c1nccn1CC. The molecule has 104 valence electrons. The van der Waals surface area contributed by atoms with Crippen LogP contribution in [-0.2, 0) is 6.54 Å². The molecule has 0 amide bonds. The highest BCUT2D eigenvalue weighted by Crippen LogP contribution is 2.32. The van der Waals surface area contributed by atoms with Crippen molar-refractivity contribution in [1.82, 2.24) is 14.9 Å². The molecule has 0 radical (unpaired) electrons. The van der Waals surface area contributed by atoms with E-state index in [2.05, 4.69) is 59.0 Å². The predicted octanol–water partition coefficient (Wildman–Crippen LogP) is 3.82. The highest BCUT2D eigenvalue weighted by molar-refractivity contribution is 7.19. The smallest absolute Gasteiger partial charge is 0.131 e. The zero-order chi connectivity index (χ0) is 13.9. The highest BCUT2D eigenvalue weighted by atomic mass is 32.1. The molecule has 1 N–H and O–H groups in total. The summed E-state index contributed by atoms with van der Waals surface area (Å²) in [5, 5.41) is 4.87. The van der Waals surface area contributed by atoms with E-state index in [1.807, 2.05) is 23.7 Å². The van der Waals surface area contributed by atoms with Crippen molar-refractivity contribution in [1.29, 1.82) is 0 Å². The Kier molecular flexibility index (Phi) is 3.85. The van der Waals surface area contributed by atoms with E-state index in [9.17, 15) is 0 Å². The van der Waals surface area contributed by atoms with Gasteiger partial charge in [0.1, 0.15) is 11.9 Å². The molecule has 0 bridgehead atoms. The van der Waals surface area contributed by atoms with E-state index in [1.165, 1.54) is 15.0 Å². The first-order valence-corrected chi connectivity index (χ1v) is 7.88. The summed E-state index contributed by atoms with van der Waals surface area (Å²) in [4.78, 5) is 5.89. The number of imidazole rings is 1. The molecule has 0 aliphatic rings. The summed E-state index contributed by atoms with van der Waals surface area (Å²) in [6, 6.07) is 11.0. The van der Waals surface area contributed by atoms with Gasteiger partial charge in [-0.25, -0.2) is 4.98 Å². The molecule has 0 spiro atoms. The third-order valence-electron chi connectivity index (χ3n) is 3.48. The molecule has 1 unspecified atom stereocenters. The normalized spacial score (nSPS) is 12.9. The molecule has 3 nitrogen and oxygen atoms in total. The summed E-state index contributed by atoms with van der Waals surface area (Å²) in [5.74, 6) is 1.10. The van der Waals surface area contributed by atoms with Gasteiger partial charge in [-0.05, 0) is 31.0 Å². The fourth-order valence-corrected chi connectivity index (χ4v) is 3.65. The highest BCUT2D eigenvalue weighted by Gasteiger charge is 2.20. The van der Waals surface area contributed by atoms with Crippen molar-refractivity contribution in [2.45, 2.75) is 26.4 Å². The van der Waals surface area contributed by atoms with Crippen LogP contribution in [-0.4, -0.2) is 16.1 Å². The lowest BCUT2D eigenvalue weighted by Crippen LogP contribution is -2.24. The van der Waals surface area contributed by atoms with Gasteiger partial charge < -0.3 is 9.88 Å². The molecular weight excluding hydrogens is 266 g/mol. The molecule has 2 aromatic heterocycles. The van der Waals surface area contributed by atoms with Crippen LogP contribution in [0.5, 0.6) is 0 Å². The summed E-state index contributed by atoms with van der Waals surface area (Å²) < 4.78 is 3.54. The van der Waals surface area contributed by atoms with Crippen molar-refractivity contribution >= 4 is 21.4 Å². The Labute approximate surface area is 123 Å². The zero-order valence-corrected chi connectivity index (χ0v) is 12.7. The first-order chi connectivity index (χ1) is 9.83. The number of rotatable bonds is 5. The average molecular weight is 285 g/mol. The quantitative estimate of drug-likeness (QED) is 0.772. The minimum absolute atomic E-state index is 0.173. The molecule has 3 rings (SSSR count). The topological polar surface area (TPSA) is 29.9 Å². The maximum Gasteiger partial charge on any atom is 0.131 e. The van der Waals surface area contributed by atoms with Gasteiger partial charge in [0, 0.05) is 28.5 Å². The van der Waals surface area contributed by atoms with Crippen LogP contribution in [0.25, 0.3) is 10.1 Å².